The number of nitrogens with one attached hydrogen (secondary N) is 1. The average molecular weight is 459 g/mol. The quantitative estimate of drug-likeness (QED) is 0.659. The summed E-state index contributed by atoms with van der Waals surface area (Å²) in [6.07, 6.45) is 1.66. The van der Waals surface area contributed by atoms with E-state index >= 15 is 0 Å². The van der Waals surface area contributed by atoms with Crippen molar-refractivity contribution in [3.05, 3.63) is 62.9 Å². The Kier molecular flexibility index (Phi) is 6.53. The van der Waals surface area contributed by atoms with Gasteiger partial charge < -0.3 is 5.32 Å². The summed E-state index contributed by atoms with van der Waals surface area (Å²) in [4.78, 5) is 12.9. The number of benzene rings is 2. The summed E-state index contributed by atoms with van der Waals surface area (Å²) in [6.45, 7) is 4.35. The van der Waals surface area contributed by atoms with Gasteiger partial charge in [-0.05, 0) is 62.1 Å². The van der Waals surface area contributed by atoms with Crippen molar-refractivity contribution in [2.75, 3.05) is 13.1 Å². The molecule has 1 saturated heterocycles. The molecule has 0 aromatic heterocycles. The lowest BCUT2D eigenvalue weighted by Gasteiger charge is -2.19. The molecule has 156 valence electrons. The molecule has 1 heterocycles. The fourth-order valence-corrected chi connectivity index (χ4v) is 5.40. The van der Waals surface area contributed by atoms with Gasteiger partial charge in [0.2, 0.25) is 10.0 Å². The summed E-state index contributed by atoms with van der Waals surface area (Å²) in [6, 6.07) is 6.35. The zero-order chi connectivity index (χ0) is 21.3. The highest BCUT2D eigenvalue weighted by Gasteiger charge is 2.28. The fraction of sp³-hybridized carbons (Fsp3) is 0.350. The van der Waals surface area contributed by atoms with Gasteiger partial charge in [-0.15, -0.1) is 0 Å². The van der Waals surface area contributed by atoms with Crippen molar-refractivity contribution in [3.63, 3.8) is 0 Å². The standard InChI is InChI=1S/C20H21Cl2FN2O3S/c1-12-5-6-14(29(27,28)25-7-3-4-8-25)9-15(12)20(26)24-13(2)16-10-19(23)18(22)11-17(16)21/h5-6,9-11,13H,3-4,7-8H2,1-2H3,(H,24,26). The molecule has 0 bridgehead atoms. The monoisotopic (exact) mass is 458 g/mol. The number of halogens is 3. The Balaban J connectivity index is 1.87. The van der Waals surface area contributed by atoms with Gasteiger partial charge in [-0.2, -0.15) is 4.31 Å². The van der Waals surface area contributed by atoms with Crippen LogP contribution in [-0.4, -0.2) is 31.7 Å². The molecule has 0 spiro atoms. The van der Waals surface area contributed by atoms with Crippen LogP contribution in [0.3, 0.4) is 0 Å². The largest absolute Gasteiger partial charge is 0.345 e. The highest BCUT2D eigenvalue weighted by molar-refractivity contribution is 7.89. The highest BCUT2D eigenvalue weighted by atomic mass is 35.5. The third-order valence-electron chi connectivity index (χ3n) is 5.01. The number of hydrogen-bond donors (Lipinski definition) is 1. The number of carbonyl (C=O) groups is 1. The topological polar surface area (TPSA) is 66.5 Å². The number of aryl methyl sites for hydroxylation is 1. The van der Waals surface area contributed by atoms with Crippen LogP contribution in [0.2, 0.25) is 10.0 Å². The maximum absolute atomic E-state index is 13.8. The minimum atomic E-state index is -3.64. The second-order valence-corrected chi connectivity index (χ2v) is 9.82. The van der Waals surface area contributed by atoms with Crippen LogP contribution in [0.15, 0.2) is 35.2 Å². The van der Waals surface area contributed by atoms with Gasteiger partial charge in [0, 0.05) is 23.7 Å². The lowest BCUT2D eigenvalue weighted by Crippen LogP contribution is -2.30. The molecule has 5 nitrogen and oxygen atoms in total. The molecule has 1 atom stereocenters. The molecule has 1 N–H and O–H groups in total. The molecule has 2 aromatic rings. The van der Waals surface area contributed by atoms with E-state index in [0.717, 1.165) is 12.8 Å². The number of hydrogen-bond acceptors (Lipinski definition) is 3. The molecule has 1 aliphatic rings. The lowest BCUT2D eigenvalue weighted by molar-refractivity contribution is 0.0939. The molecular formula is C20H21Cl2FN2O3S. The maximum atomic E-state index is 13.8. The third kappa shape index (κ3) is 4.58. The van der Waals surface area contributed by atoms with Gasteiger partial charge >= 0.3 is 0 Å². The Morgan fingerprint density at radius 1 is 1.14 bits per heavy atom. The average Bonchev–Trinajstić information content (AvgIpc) is 3.20. The van der Waals surface area contributed by atoms with Crippen molar-refractivity contribution in [2.24, 2.45) is 0 Å². The van der Waals surface area contributed by atoms with Crippen LogP contribution >= 0.6 is 23.2 Å². The van der Waals surface area contributed by atoms with Crippen molar-refractivity contribution in [3.8, 4) is 0 Å². The van der Waals surface area contributed by atoms with E-state index in [2.05, 4.69) is 5.32 Å². The number of nitrogens with zero attached hydrogens (tertiary/aromatic N) is 1. The van der Waals surface area contributed by atoms with Gasteiger partial charge in [0.05, 0.1) is 16.0 Å². The minimum absolute atomic E-state index is 0.0818. The van der Waals surface area contributed by atoms with Crippen LogP contribution in [0, 0.1) is 12.7 Å². The van der Waals surface area contributed by atoms with Crippen molar-refractivity contribution in [1.82, 2.24) is 9.62 Å². The maximum Gasteiger partial charge on any atom is 0.252 e. The third-order valence-corrected chi connectivity index (χ3v) is 7.52. The first-order valence-electron chi connectivity index (χ1n) is 9.17. The lowest BCUT2D eigenvalue weighted by atomic mass is 10.1. The highest BCUT2D eigenvalue weighted by Crippen LogP contribution is 2.29. The van der Waals surface area contributed by atoms with Crippen molar-refractivity contribution in [2.45, 2.75) is 37.6 Å². The summed E-state index contributed by atoms with van der Waals surface area (Å²) < 4.78 is 40.8. The molecule has 1 unspecified atom stereocenters. The molecule has 0 aliphatic carbocycles. The summed E-state index contributed by atoms with van der Waals surface area (Å²) in [5.41, 5.74) is 1.24. The summed E-state index contributed by atoms with van der Waals surface area (Å²) in [7, 11) is -3.64. The molecule has 1 amide bonds. The van der Waals surface area contributed by atoms with Crippen LogP contribution in [0.25, 0.3) is 0 Å². The van der Waals surface area contributed by atoms with Crippen LogP contribution in [0.4, 0.5) is 4.39 Å². The van der Waals surface area contributed by atoms with E-state index in [9.17, 15) is 17.6 Å². The van der Waals surface area contributed by atoms with Crippen molar-refractivity contribution in [1.29, 1.82) is 0 Å². The zero-order valence-corrected chi connectivity index (χ0v) is 18.3. The second-order valence-electron chi connectivity index (χ2n) is 7.07. The molecule has 2 aromatic carbocycles. The first kappa shape index (κ1) is 22.0. The first-order valence-corrected chi connectivity index (χ1v) is 11.4. The Bertz CT molecular complexity index is 1050. The SMILES string of the molecule is Cc1ccc(S(=O)(=O)N2CCCC2)cc1C(=O)NC(C)c1cc(F)c(Cl)cc1Cl. The van der Waals surface area contributed by atoms with Crippen LogP contribution in [0.5, 0.6) is 0 Å². The Morgan fingerprint density at radius 2 is 1.79 bits per heavy atom. The Morgan fingerprint density at radius 3 is 2.45 bits per heavy atom. The number of rotatable bonds is 5. The molecule has 9 heteroatoms. The molecule has 0 saturated carbocycles. The summed E-state index contributed by atoms with van der Waals surface area (Å²) in [5, 5.41) is 2.87. The molecular weight excluding hydrogens is 438 g/mol. The summed E-state index contributed by atoms with van der Waals surface area (Å²) in [5.74, 6) is -1.11. The minimum Gasteiger partial charge on any atom is -0.345 e. The van der Waals surface area contributed by atoms with Gasteiger partial charge in [-0.25, -0.2) is 12.8 Å². The second kappa shape index (κ2) is 8.60. The van der Waals surface area contributed by atoms with Crippen LogP contribution in [-0.2, 0) is 10.0 Å². The van der Waals surface area contributed by atoms with E-state index in [0.29, 0.717) is 24.2 Å². The van der Waals surface area contributed by atoms with Gasteiger partial charge in [-0.1, -0.05) is 29.3 Å². The van der Waals surface area contributed by atoms with Crippen LogP contribution in [0.1, 0.15) is 47.3 Å². The Hall–Kier alpha value is -1.67. The van der Waals surface area contributed by atoms with Gasteiger partial charge in [0.25, 0.3) is 5.91 Å². The van der Waals surface area contributed by atoms with Crippen molar-refractivity contribution < 1.29 is 17.6 Å². The molecule has 29 heavy (non-hydrogen) atoms. The van der Waals surface area contributed by atoms with E-state index in [1.165, 1.54) is 28.6 Å². The van der Waals surface area contributed by atoms with Gasteiger partial charge in [-0.3, -0.25) is 4.79 Å². The van der Waals surface area contributed by atoms with E-state index in [4.69, 9.17) is 23.2 Å². The van der Waals surface area contributed by atoms with E-state index in [1.807, 2.05) is 0 Å². The number of carbonyl (C=O) groups excluding carboxylic acids is 1. The normalized spacial score (nSPS) is 16.0. The Labute approximate surface area is 179 Å². The molecule has 1 fully saturated rings. The van der Waals surface area contributed by atoms with Gasteiger partial charge in [0.15, 0.2) is 0 Å². The fourth-order valence-electron chi connectivity index (χ4n) is 3.31. The number of sulfonamides is 1. The van der Waals surface area contributed by atoms with Crippen molar-refractivity contribution >= 4 is 39.1 Å². The van der Waals surface area contributed by atoms with E-state index < -0.39 is 27.8 Å². The predicted molar refractivity (Wildman–Crippen MR) is 111 cm³/mol. The van der Waals surface area contributed by atoms with E-state index in [-0.39, 0.29) is 20.5 Å². The molecule has 1 aliphatic heterocycles. The van der Waals surface area contributed by atoms with Crippen LogP contribution < -0.4 is 5.32 Å². The first-order chi connectivity index (χ1) is 13.6. The van der Waals surface area contributed by atoms with E-state index in [1.54, 1.807) is 19.9 Å². The molecule has 0 radical (unpaired) electrons. The summed E-state index contributed by atoms with van der Waals surface area (Å²) >= 11 is 11.8. The predicted octanol–water partition coefficient (Wildman–Crippen LogP) is 4.72. The number of amides is 1. The molecule has 3 rings (SSSR count). The smallest absolute Gasteiger partial charge is 0.252 e. The van der Waals surface area contributed by atoms with Gasteiger partial charge in [0.1, 0.15) is 5.82 Å². The zero-order valence-electron chi connectivity index (χ0n) is 16.0.